The van der Waals surface area contributed by atoms with E-state index in [2.05, 4.69) is 59.9 Å². The number of rotatable bonds is 2. The summed E-state index contributed by atoms with van der Waals surface area (Å²) in [5, 5.41) is 3.51. The third-order valence-electron chi connectivity index (χ3n) is 4.63. The summed E-state index contributed by atoms with van der Waals surface area (Å²) in [4.78, 5) is 0. The Bertz CT molecular complexity index is 558. The molecular formula is C17H17N. The normalized spacial score (nSPS) is 29.0. The molecule has 0 bridgehead atoms. The molecular weight excluding hydrogens is 218 g/mol. The molecule has 1 saturated heterocycles. The highest BCUT2D eigenvalue weighted by Crippen LogP contribution is 2.56. The van der Waals surface area contributed by atoms with Crippen LogP contribution in [0.5, 0.6) is 0 Å². The summed E-state index contributed by atoms with van der Waals surface area (Å²) in [6.07, 6.45) is 1.38. The maximum atomic E-state index is 3.51. The van der Waals surface area contributed by atoms with Crippen LogP contribution in [0.15, 0.2) is 54.6 Å². The molecule has 1 heteroatoms. The van der Waals surface area contributed by atoms with E-state index in [1.165, 1.54) is 36.2 Å². The highest BCUT2D eigenvalue weighted by atomic mass is 15.0. The summed E-state index contributed by atoms with van der Waals surface area (Å²) in [5.74, 6) is 0.889. The summed E-state index contributed by atoms with van der Waals surface area (Å²) < 4.78 is 0. The Kier molecular flexibility index (Phi) is 2.12. The first-order valence-corrected chi connectivity index (χ1v) is 6.75. The standard InChI is InChI=1S/C17H17N/c1-2-4-13(5-3-1)14-6-8-15(9-7-14)17-10-16(17)11-18-12-17/h1-9,16,18H,10-12H2. The van der Waals surface area contributed by atoms with Crippen LogP contribution in [-0.4, -0.2) is 13.1 Å². The molecule has 2 fully saturated rings. The third-order valence-corrected chi connectivity index (χ3v) is 4.63. The molecule has 0 radical (unpaired) electrons. The predicted molar refractivity (Wildman–Crippen MR) is 74.5 cm³/mol. The molecule has 2 atom stereocenters. The second-order valence-electron chi connectivity index (χ2n) is 5.63. The second-order valence-corrected chi connectivity index (χ2v) is 5.63. The molecule has 0 spiro atoms. The van der Waals surface area contributed by atoms with Gasteiger partial charge in [-0.1, -0.05) is 54.6 Å². The van der Waals surface area contributed by atoms with Crippen molar-refractivity contribution in [3.8, 4) is 11.1 Å². The van der Waals surface area contributed by atoms with Crippen LogP contribution in [0, 0.1) is 5.92 Å². The zero-order chi connectivity index (χ0) is 12.0. The third kappa shape index (κ3) is 1.44. The summed E-state index contributed by atoms with van der Waals surface area (Å²) >= 11 is 0. The Hall–Kier alpha value is -1.60. The summed E-state index contributed by atoms with van der Waals surface area (Å²) in [5.41, 5.74) is 4.63. The molecule has 1 aliphatic carbocycles. The fraction of sp³-hybridized carbons (Fsp3) is 0.294. The van der Waals surface area contributed by atoms with Gasteiger partial charge in [-0.15, -0.1) is 0 Å². The van der Waals surface area contributed by atoms with Gasteiger partial charge in [-0.2, -0.15) is 0 Å². The molecule has 1 nitrogen and oxygen atoms in total. The van der Waals surface area contributed by atoms with E-state index in [-0.39, 0.29) is 0 Å². The van der Waals surface area contributed by atoms with Gasteiger partial charge in [0.15, 0.2) is 0 Å². The Balaban J connectivity index is 1.66. The van der Waals surface area contributed by atoms with Gasteiger partial charge in [-0.05, 0) is 35.6 Å². The smallest absolute Gasteiger partial charge is 0.0122 e. The SMILES string of the molecule is c1ccc(-c2ccc(C34CNCC3C4)cc2)cc1. The lowest BCUT2D eigenvalue weighted by atomic mass is 9.93. The minimum Gasteiger partial charge on any atom is -0.316 e. The van der Waals surface area contributed by atoms with Crippen LogP contribution >= 0.6 is 0 Å². The summed E-state index contributed by atoms with van der Waals surface area (Å²) in [7, 11) is 0. The van der Waals surface area contributed by atoms with Crippen LogP contribution in [0.25, 0.3) is 11.1 Å². The largest absolute Gasteiger partial charge is 0.316 e. The molecule has 2 aliphatic rings. The molecule has 2 aromatic rings. The van der Waals surface area contributed by atoms with Crippen molar-refractivity contribution in [3.63, 3.8) is 0 Å². The van der Waals surface area contributed by atoms with E-state index >= 15 is 0 Å². The van der Waals surface area contributed by atoms with Crippen LogP contribution in [0.2, 0.25) is 0 Å². The first-order valence-electron chi connectivity index (χ1n) is 6.75. The minimum absolute atomic E-state index is 0.481. The molecule has 90 valence electrons. The van der Waals surface area contributed by atoms with Crippen molar-refractivity contribution in [1.29, 1.82) is 0 Å². The van der Waals surface area contributed by atoms with Gasteiger partial charge in [0.25, 0.3) is 0 Å². The van der Waals surface area contributed by atoms with Crippen molar-refractivity contribution in [2.24, 2.45) is 5.92 Å². The van der Waals surface area contributed by atoms with Crippen molar-refractivity contribution in [2.45, 2.75) is 11.8 Å². The molecule has 18 heavy (non-hydrogen) atoms. The lowest BCUT2D eigenvalue weighted by Gasteiger charge is -2.13. The average molecular weight is 235 g/mol. The molecule has 1 heterocycles. The molecule has 0 amide bonds. The van der Waals surface area contributed by atoms with Gasteiger partial charge >= 0.3 is 0 Å². The van der Waals surface area contributed by atoms with E-state index in [4.69, 9.17) is 0 Å². The van der Waals surface area contributed by atoms with Gasteiger partial charge in [0.1, 0.15) is 0 Å². The van der Waals surface area contributed by atoms with Crippen molar-refractivity contribution in [2.75, 3.05) is 13.1 Å². The van der Waals surface area contributed by atoms with Gasteiger partial charge in [-0.25, -0.2) is 0 Å². The van der Waals surface area contributed by atoms with E-state index in [1.807, 2.05) is 0 Å². The van der Waals surface area contributed by atoms with E-state index in [0.717, 1.165) is 5.92 Å². The predicted octanol–water partition coefficient (Wildman–Crippen LogP) is 3.21. The summed E-state index contributed by atoms with van der Waals surface area (Å²) in [6, 6.07) is 19.8. The van der Waals surface area contributed by atoms with Gasteiger partial charge in [0, 0.05) is 12.0 Å². The fourth-order valence-corrected chi connectivity index (χ4v) is 3.42. The van der Waals surface area contributed by atoms with Crippen molar-refractivity contribution in [1.82, 2.24) is 5.32 Å². The first-order chi connectivity index (χ1) is 8.88. The van der Waals surface area contributed by atoms with Crippen molar-refractivity contribution in [3.05, 3.63) is 60.2 Å². The zero-order valence-corrected chi connectivity index (χ0v) is 10.4. The minimum atomic E-state index is 0.481. The van der Waals surface area contributed by atoms with E-state index < -0.39 is 0 Å². The van der Waals surface area contributed by atoms with Crippen LogP contribution < -0.4 is 5.32 Å². The molecule has 4 rings (SSSR count). The number of fused-ring (bicyclic) bond motifs is 1. The molecule has 2 unspecified atom stereocenters. The number of hydrogen-bond donors (Lipinski definition) is 1. The van der Waals surface area contributed by atoms with Crippen LogP contribution in [0.3, 0.4) is 0 Å². The molecule has 2 aromatic carbocycles. The van der Waals surface area contributed by atoms with Crippen molar-refractivity contribution >= 4 is 0 Å². The summed E-state index contributed by atoms with van der Waals surface area (Å²) in [6.45, 7) is 2.38. The Morgan fingerprint density at radius 3 is 2.22 bits per heavy atom. The Morgan fingerprint density at radius 2 is 1.61 bits per heavy atom. The maximum absolute atomic E-state index is 3.51. The molecule has 1 aliphatic heterocycles. The van der Waals surface area contributed by atoms with E-state index in [0.29, 0.717) is 5.41 Å². The number of nitrogens with one attached hydrogen (secondary N) is 1. The van der Waals surface area contributed by atoms with Crippen LogP contribution in [-0.2, 0) is 5.41 Å². The van der Waals surface area contributed by atoms with Gasteiger partial charge < -0.3 is 5.32 Å². The fourth-order valence-electron chi connectivity index (χ4n) is 3.42. The van der Waals surface area contributed by atoms with Crippen LogP contribution in [0.4, 0.5) is 0 Å². The number of piperidine rings is 1. The maximum Gasteiger partial charge on any atom is 0.0122 e. The highest BCUT2D eigenvalue weighted by molar-refractivity contribution is 5.64. The van der Waals surface area contributed by atoms with Crippen LogP contribution in [0.1, 0.15) is 12.0 Å². The number of hydrogen-bond acceptors (Lipinski definition) is 1. The molecule has 1 saturated carbocycles. The van der Waals surface area contributed by atoms with E-state index in [9.17, 15) is 0 Å². The van der Waals surface area contributed by atoms with Gasteiger partial charge in [0.05, 0.1) is 0 Å². The second kappa shape index (κ2) is 3.69. The Labute approximate surface area is 108 Å². The first kappa shape index (κ1) is 10.3. The van der Waals surface area contributed by atoms with Gasteiger partial charge in [0.2, 0.25) is 0 Å². The monoisotopic (exact) mass is 235 g/mol. The lowest BCUT2D eigenvalue weighted by molar-refractivity contribution is 0.676. The topological polar surface area (TPSA) is 12.0 Å². The zero-order valence-electron chi connectivity index (χ0n) is 10.4. The highest BCUT2D eigenvalue weighted by Gasteiger charge is 2.57. The van der Waals surface area contributed by atoms with Gasteiger partial charge in [-0.3, -0.25) is 0 Å². The average Bonchev–Trinajstić information content (AvgIpc) is 3.02. The Morgan fingerprint density at radius 1 is 0.889 bits per heavy atom. The number of benzene rings is 2. The molecule has 0 aromatic heterocycles. The lowest BCUT2D eigenvalue weighted by Crippen LogP contribution is -2.19. The molecule has 1 N–H and O–H groups in total. The van der Waals surface area contributed by atoms with E-state index in [1.54, 1.807) is 0 Å². The van der Waals surface area contributed by atoms with Crippen molar-refractivity contribution < 1.29 is 0 Å². The quantitative estimate of drug-likeness (QED) is 0.842.